The highest BCUT2D eigenvalue weighted by Crippen LogP contribution is 2.51. The summed E-state index contributed by atoms with van der Waals surface area (Å²) in [5.41, 5.74) is -1.13. The maximum atomic E-state index is 12.9. The molecule has 1 atom stereocenters. The minimum Gasteiger partial charge on any atom is -0.479 e. The van der Waals surface area contributed by atoms with E-state index < -0.39 is 11.5 Å². The van der Waals surface area contributed by atoms with E-state index in [9.17, 15) is 14.7 Å². The summed E-state index contributed by atoms with van der Waals surface area (Å²) in [6, 6.07) is 0. The predicted molar refractivity (Wildman–Crippen MR) is 72.1 cm³/mol. The van der Waals surface area contributed by atoms with Gasteiger partial charge in [0.2, 0.25) is 5.91 Å². The normalized spacial score (nSPS) is 30.0. The molecule has 1 saturated heterocycles. The Hall–Kier alpha value is -1.10. The zero-order valence-electron chi connectivity index (χ0n) is 12.0. The summed E-state index contributed by atoms with van der Waals surface area (Å²) in [4.78, 5) is 26.3. The molecule has 112 valence electrons. The summed E-state index contributed by atoms with van der Waals surface area (Å²) in [6.07, 6.45) is 5.78. The van der Waals surface area contributed by atoms with Crippen LogP contribution >= 0.6 is 0 Å². The van der Waals surface area contributed by atoms with Crippen molar-refractivity contribution in [2.45, 2.75) is 44.1 Å². The van der Waals surface area contributed by atoms with E-state index in [1.165, 1.54) is 7.11 Å². The van der Waals surface area contributed by atoms with Crippen molar-refractivity contribution >= 4 is 11.9 Å². The van der Waals surface area contributed by atoms with Gasteiger partial charge in [-0.2, -0.15) is 0 Å². The Labute approximate surface area is 119 Å². The minimum absolute atomic E-state index is 0.0729. The Morgan fingerprint density at radius 1 is 1.30 bits per heavy atom. The molecule has 1 unspecified atom stereocenters. The van der Waals surface area contributed by atoms with Crippen LogP contribution in [0.5, 0.6) is 0 Å². The average Bonchev–Trinajstić information content (AvgIpc) is 3.32. The van der Waals surface area contributed by atoms with Crippen LogP contribution in [0.1, 0.15) is 38.5 Å². The number of nitrogens with zero attached hydrogens (tertiary/aromatic N) is 1. The first-order chi connectivity index (χ1) is 9.60. The predicted octanol–water partition coefficient (Wildman–Crippen LogP) is 1.51. The zero-order valence-corrected chi connectivity index (χ0v) is 12.0. The fourth-order valence-corrected chi connectivity index (χ4v) is 3.75. The van der Waals surface area contributed by atoms with Crippen LogP contribution in [0.25, 0.3) is 0 Å². The Morgan fingerprint density at radius 3 is 2.35 bits per heavy atom. The van der Waals surface area contributed by atoms with Gasteiger partial charge in [0, 0.05) is 19.6 Å². The van der Waals surface area contributed by atoms with Crippen molar-refractivity contribution in [3.63, 3.8) is 0 Å². The number of hydrogen-bond donors (Lipinski definition) is 1. The summed E-state index contributed by atoms with van der Waals surface area (Å²) in [5, 5.41) is 9.63. The van der Waals surface area contributed by atoms with Crippen molar-refractivity contribution in [3.8, 4) is 0 Å². The monoisotopic (exact) mass is 281 g/mol. The first kappa shape index (κ1) is 13.9. The number of hydrogen-bond acceptors (Lipinski definition) is 3. The molecular weight excluding hydrogens is 258 g/mol. The average molecular weight is 281 g/mol. The highest BCUT2D eigenvalue weighted by Gasteiger charge is 2.55. The van der Waals surface area contributed by atoms with Crippen molar-refractivity contribution in [2.75, 3.05) is 20.3 Å². The fraction of sp³-hybridized carbons (Fsp3) is 0.867. The summed E-state index contributed by atoms with van der Waals surface area (Å²) in [6.45, 7) is 0.653. The van der Waals surface area contributed by atoms with Gasteiger partial charge in [-0.05, 0) is 50.4 Å². The van der Waals surface area contributed by atoms with Gasteiger partial charge < -0.3 is 14.7 Å². The van der Waals surface area contributed by atoms with E-state index in [4.69, 9.17) is 4.74 Å². The number of carboxylic acid groups (broad SMARTS) is 1. The molecule has 1 aliphatic heterocycles. The number of likely N-dealkylation sites (tertiary alicyclic amines) is 1. The molecule has 0 aromatic heterocycles. The molecule has 3 fully saturated rings. The second-order valence-electron chi connectivity index (χ2n) is 6.56. The molecule has 1 amide bonds. The summed E-state index contributed by atoms with van der Waals surface area (Å²) < 4.78 is 5.13. The van der Waals surface area contributed by atoms with E-state index >= 15 is 0 Å². The van der Waals surface area contributed by atoms with Gasteiger partial charge in [0.25, 0.3) is 0 Å². The van der Waals surface area contributed by atoms with Crippen LogP contribution in [0.3, 0.4) is 0 Å². The number of aliphatic carboxylic acids is 1. The second kappa shape index (κ2) is 5.02. The molecule has 0 bridgehead atoms. The maximum absolute atomic E-state index is 12.9. The standard InChI is InChI=1S/C15H23NO4/c1-20-9-15(14(18)19)7-2-8-16(15)13(17)12(10-3-4-10)11-5-6-11/h10-12H,2-9H2,1H3,(H,18,19). The fourth-order valence-electron chi connectivity index (χ4n) is 3.75. The largest absolute Gasteiger partial charge is 0.479 e. The third-order valence-corrected chi connectivity index (χ3v) is 5.08. The lowest BCUT2D eigenvalue weighted by molar-refractivity contribution is -0.162. The Kier molecular flexibility index (Phi) is 3.48. The van der Waals surface area contributed by atoms with Gasteiger partial charge in [0.15, 0.2) is 5.54 Å². The van der Waals surface area contributed by atoms with Crippen molar-refractivity contribution in [1.29, 1.82) is 0 Å². The molecule has 2 aliphatic carbocycles. The highest BCUT2D eigenvalue weighted by atomic mass is 16.5. The smallest absolute Gasteiger partial charge is 0.332 e. The van der Waals surface area contributed by atoms with Crippen molar-refractivity contribution in [1.82, 2.24) is 4.90 Å². The molecule has 3 aliphatic rings. The Balaban J connectivity index is 1.82. The molecule has 0 spiro atoms. The lowest BCUT2D eigenvalue weighted by Crippen LogP contribution is -2.57. The number of methoxy groups -OCH3 is 1. The summed E-state index contributed by atoms with van der Waals surface area (Å²) >= 11 is 0. The molecular formula is C15H23NO4. The van der Waals surface area contributed by atoms with Gasteiger partial charge in [-0.1, -0.05) is 0 Å². The lowest BCUT2D eigenvalue weighted by Gasteiger charge is -2.36. The maximum Gasteiger partial charge on any atom is 0.332 e. The molecule has 3 rings (SSSR count). The van der Waals surface area contributed by atoms with Gasteiger partial charge in [-0.25, -0.2) is 4.79 Å². The number of rotatable bonds is 6. The minimum atomic E-state index is -1.13. The molecule has 5 nitrogen and oxygen atoms in total. The molecule has 1 heterocycles. The van der Waals surface area contributed by atoms with Crippen LogP contribution in [0.2, 0.25) is 0 Å². The van der Waals surface area contributed by atoms with E-state index in [0.29, 0.717) is 24.8 Å². The highest BCUT2D eigenvalue weighted by molar-refractivity contribution is 5.89. The van der Waals surface area contributed by atoms with E-state index in [1.807, 2.05) is 0 Å². The van der Waals surface area contributed by atoms with E-state index in [-0.39, 0.29) is 18.4 Å². The van der Waals surface area contributed by atoms with Gasteiger partial charge >= 0.3 is 5.97 Å². The van der Waals surface area contributed by atoms with Crippen molar-refractivity contribution < 1.29 is 19.4 Å². The first-order valence-electron chi connectivity index (χ1n) is 7.64. The van der Waals surface area contributed by atoms with Crippen LogP contribution in [0.4, 0.5) is 0 Å². The number of amides is 1. The number of carbonyl (C=O) groups is 2. The molecule has 20 heavy (non-hydrogen) atoms. The molecule has 0 radical (unpaired) electrons. The van der Waals surface area contributed by atoms with E-state index in [1.54, 1.807) is 4.90 Å². The van der Waals surface area contributed by atoms with Crippen LogP contribution in [0, 0.1) is 17.8 Å². The van der Waals surface area contributed by atoms with Gasteiger partial charge in [-0.15, -0.1) is 0 Å². The van der Waals surface area contributed by atoms with Crippen LogP contribution in [-0.4, -0.2) is 47.7 Å². The summed E-state index contributed by atoms with van der Waals surface area (Å²) in [5.74, 6) is 0.237. The van der Waals surface area contributed by atoms with E-state index in [0.717, 1.165) is 32.1 Å². The number of carboxylic acids is 1. The molecule has 1 N–H and O–H groups in total. The van der Waals surface area contributed by atoms with Crippen LogP contribution < -0.4 is 0 Å². The second-order valence-corrected chi connectivity index (χ2v) is 6.56. The van der Waals surface area contributed by atoms with Crippen molar-refractivity contribution in [2.24, 2.45) is 17.8 Å². The third-order valence-electron chi connectivity index (χ3n) is 5.08. The molecule has 0 aromatic carbocycles. The topological polar surface area (TPSA) is 66.8 Å². The zero-order chi connectivity index (χ0) is 14.3. The van der Waals surface area contributed by atoms with E-state index in [2.05, 4.69) is 0 Å². The molecule has 2 saturated carbocycles. The Bertz CT molecular complexity index is 404. The molecule has 5 heteroatoms. The van der Waals surface area contributed by atoms with Crippen molar-refractivity contribution in [3.05, 3.63) is 0 Å². The SMILES string of the molecule is COCC1(C(=O)O)CCCN1C(=O)C(C1CC1)C1CC1. The molecule has 0 aromatic rings. The lowest BCUT2D eigenvalue weighted by atomic mass is 9.92. The number of ether oxygens (including phenoxy) is 1. The van der Waals surface area contributed by atoms with Crippen LogP contribution in [-0.2, 0) is 14.3 Å². The van der Waals surface area contributed by atoms with Gasteiger partial charge in [-0.3, -0.25) is 4.79 Å². The van der Waals surface area contributed by atoms with Gasteiger partial charge in [0.05, 0.1) is 6.61 Å². The third kappa shape index (κ3) is 2.22. The Morgan fingerprint density at radius 2 is 1.90 bits per heavy atom. The van der Waals surface area contributed by atoms with Crippen LogP contribution in [0.15, 0.2) is 0 Å². The first-order valence-corrected chi connectivity index (χ1v) is 7.64. The number of carbonyl (C=O) groups excluding carboxylic acids is 1. The van der Waals surface area contributed by atoms with Gasteiger partial charge in [0.1, 0.15) is 0 Å². The quantitative estimate of drug-likeness (QED) is 0.801. The summed E-state index contributed by atoms with van der Waals surface area (Å²) in [7, 11) is 1.50.